The largest absolute Gasteiger partial charge is 0.279 e. The van der Waals surface area contributed by atoms with Crippen molar-refractivity contribution in [3.05, 3.63) is 47.5 Å². The van der Waals surface area contributed by atoms with Gasteiger partial charge in [0.15, 0.2) is 0 Å². The van der Waals surface area contributed by atoms with Crippen LogP contribution < -0.4 is 4.72 Å². The van der Waals surface area contributed by atoms with Crippen molar-refractivity contribution >= 4 is 27.3 Å². The van der Waals surface area contributed by atoms with Crippen LogP contribution in [0.1, 0.15) is 0 Å². The first-order valence-corrected chi connectivity index (χ1v) is 6.86. The number of hydrogen-bond acceptors (Lipinski definition) is 2. The standard InChI is InChI=1S/C12H8ClNO2S/c13-10-6-3-5-9-8-4-1-2-7-11(8)14-17(15,16)12(9)10/h1-7,14H. The van der Waals surface area contributed by atoms with Crippen LogP contribution in [0.25, 0.3) is 11.1 Å². The minimum atomic E-state index is -3.57. The van der Waals surface area contributed by atoms with Crippen molar-refractivity contribution in [2.45, 2.75) is 4.90 Å². The summed E-state index contributed by atoms with van der Waals surface area (Å²) in [6.07, 6.45) is 0. The van der Waals surface area contributed by atoms with Crippen molar-refractivity contribution in [2.75, 3.05) is 4.72 Å². The Bertz CT molecular complexity index is 710. The SMILES string of the molecule is O=S1(=O)Nc2ccccc2-c2cccc(Cl)c21. The molecule has 2 aromatic rings. The van der Waals surface area contributed by atoms with Crippen LogP contribution in [0.15, 0.2) is 47.4 Å². The molecule has 0 atom stereocenters. The van der Waals surface area contributed by atoms with Crippen LogP contribution in [-0.2, 0) is 10.0 Å². The lowest BCUT2D eigenvalue weighted by molar-refractivity contribution is 0.601. The third-order valence-corrected chi connectivity index (χ3v) is 4.59. The second kappa shape index (κ2) is 3.48. The first kappa shape index (κ1) is 10.6. The van der Waals surface area contributed by atoms with Gasteiger partial charge < -0.3 is 0 Å². The summed E-state index contributed by atoms with van der Waals surface area (Å²) in [5.41, 5.74) is 2.08. The van der Waals surface area contributed by atoms with Gasteiger partial charge in [-0.25, -0.2) is 8.42 Å². The summed E-state index contributed by atoms with van der Waals surface area (Å²) in [7, 11) is -3.57. The fourth-order valence-corrected chi connectivity index (χ4v) is 3.84. The molecule has 1 aliphatic heterocycles. The third-order valence-electron chi connectivity index (χ3n) is 2.70. The molecule has 0 saturated carbocycles. The van der Waals surface area contributed by atoms with Crippen molar-refractivity contribution < 1.29 is 8.42 Å². The van der Waals surface area contributed by atoms with E-state index in [1.165, 1.54) is 0 Å². The number of para-hydroxylation sites is 1. The van der Waals surface area contributed by atoms with Crippen LogP contribution in [0, 0.1) is 0 Å². The molecule has 0 amide bonds. The smallest absolute Gasteiger partial charge is 0.264 e. The average molecular weight is 266 g/mol. The molecule has 2 aromatic carbocycles. The molecule has 5 heteroatoms. The Morgan fingerprint density at radius 2 is 1.65 bits per heavy atom. The molecule has 1 heterocycles. The maximum atomic E-state index is 12.1. The van der Waals surface area contributed by atoms with E-state index in [-0.39, 0.29) is 9.92 Å². The molecule has 3 rings (SSSR count). The van der Waals surface area contributed by atoms with E-state index in [2.05, 4.69) is 4.72 Å². The van der Waals surface area contributed by atoms with Crippen LogP contribution in [0.4, 0.5) is 5.69 Å². The fourth-order valence-electron chi connectivity index (χ4n) is 2.00. The molecule has 3 nitrogen and oxygen atoms in total. The van der Waals surface area contributed by atoms with Crippen molar-refractivity contribution in [3.63, 3.8) is 0 Å². The Morgan fingerprint density at radius 3 is 2.47 bits per heavy atom. The van der Waals surface area contributed by atoms with Gasteiger partial charge >= 0.3 is 0 Å². The van der Waals surface area contributed by atoms with Gasteiger partial charge in [0.05, 0.1) is 10.7 Å². The molecule has 0 unspecified atom stereocenters. The Kier molecular flexibility index (Phi) is 2.18. The van der Waals surface area contributed by atoms with Gasteiger partial charge in [-0.05, 0) is 12.1 Å². The van der Waals surface area contributed by atoms with Gasteiger partial charge in [-0.1, -0.05) is 41.9 Å². The van der Waals surface area contributed by atoms with Crippen LogP contribution in [-0.4, -0.2) is 8.42 Å². The molecule has 1 N–H and O–H groups in total. The number of hydrogen-bond donors (Lipinski definition) is 1. The van der Waals surface area contributed by atoms with Gasteiger partial charge in [0.2, 0.25) is 0 Å². The summed E-state index contributed by atoms with van der Waals surface area (Å²) in [5, 5.41) is 0.240. The summed E-state index contributed by atoms with van der Waals surface area (Å²) in [5.74, 6) is 0. The number of nitrogens with one attached hydrogen (secondary N) is 1. The van der Waals surface area contributed by atoms with E-state index in [9.17, 15) is 8.42 Å². The van der Waals surface area contributed by atoms with Crippen LogP contribution >= 0.6 is 11.6 Å². The summed E-state index contributed by atoms with van der Waals surface area (Å²) in [6, 6.07) is 12.3. The van der Waals surface area contributed by atoms with E-state index in [4.69, 9.17) is 11.6 Å². The van der Waals surface area contributed by atoms with Crippen LogP contribution in [0.3, 0.4) is 0 Å². The van der Waals surface area contributed by atoms with E-state index >= 15 is 0 Å². The lowest BCUT2D eigenvalue weighted by Gasteiger charge is -2.21. The predicted octanol–water partition coefficient (Wildman–Crippen LogP) is 3.12. The number of benzene rings is 2. The van der Waals surface area contributed by atoms with E-state index < -0.39 is 10.0 Å². The molecule has 0 radical (unpaired) electrons. The molecule has 0 spiro atoms. The highest BCUT2D eigenvalue weighted by molar-refractivity contribution is 7.93. The number of anilines is 1. The molecule has 0 fully saturated rings. The highest BCUT2D eigenvalue weighted by Crippen LogP contribution is 2.41. The average Bonchev–Trinajstić information content (AvgIpc) is 2.28. The highest BCUT2D eigenvalue weighted by atomic mass is 35.5. The first-order chi connectivity index (χ1) is 8.09. The van der Waals surface area contributed by atoms with E-state index in [0.29, 0.717) is 11.3 Å². The topological polar surface area (TPSA) is 46.2 Å². The minimum Gasteiger partial charge on any atom is -0.279 e. The normalized spacial score (nSPS) is 15.6. The second-order valence-electron chi connectivity index (χ2n) is 3.77. The zero-order valence-electron chi connectivity index (χ0n) is 8.64. The Labute approximate surface area is 104 Å². The van der Waals surface area contributed by atoms with E-state index in [1.54, 1.807) is 30.3 Å². The van der Waals surface area contributed by atoms with E-state index in [1.807, 2.05) is 12.1 Å². The van der Waals surface area contributed by atoms with E-state index in [0.717, 1.165) is 5.56 Å². The molecule has 1 aliphatic rings. The second-order valence-corrected chi connectivity index (χ2v) is 5.79. The molecule has 0 saturated heterocycles. The molecular weight excluding hydrogens is 258 g/mol. The lowest BCUT2D eigenvalue weighted by Crippen LogP contribution is -2.19. The first-order valence-electron chi connectivity index (χ1n) is 5.00. The summed E-state index contributed by atoms with van der Waals surface area (Å²) in [4.78, 5) is 0.153. The van der Waals surface area contributed by atoms with Crippen LogP contribution in [0.2, 0.25) is 5.02 Å². The van der Waals surface area contributed by atoms with Gasteiger partial charge in [0.25, 0.3) is 10.0 Å². The number of fused-ring (bicyclic) bond motifs is 3. The van der Waals surface area contributed by atoms with Gasteiger partial charge in [0, 0.05) is 11.1 Å². The Morgan fingerprint density at radius 1 is 0.941 bits per heavy atom. The number of sulfonamides is 1. The van der Waals surface area contributed by atoms with Gasteiger partial charge in [-0.2, -0.15) is 0 Å². The van der Waals surface area contributed by atoms with Gasteiger partial charge in [0.1, 0.15) is 4.90 Å². The van der Waals surface area contributed by atoms with Crippen molar-refractivity contribution in [3.8, 4) is 11.1 Å². The molecule has 86 valence electrons. The molecule has 0 aromatic heterocycles. The maximum Gasteiger partial charge on any atom is 0.264 e. The van der Waals surface area contributed by atoms with Crippen molar-refractivity contribution in [1.29, 1.82) is 0 Å². The summed E-state index contributed by atoms with van der Waals surface area (Å²) in [6.45, 7) is 0. The number of halogens is 1. The molecular formula is C12H8ClNO2S. The maximum absolute atomic E-state index is 12.1. The predicted molar refractivity (Wildman–Crippen MR) is 67.7 cm³/mol. The molecule has 0 aliphatic carbocycles. The quantitative estimate of drug-likeness (QED) is 0.795. The number of rotatable bonds is 0. The monoisotopic (exact) mass is 265 g/mol. The fraction of sp³-hybridized carbons (Fsp3) is 0. The van der Waals surface area contributed by atoms with Gasteiger partial charge in [-0.3, -0.25) is 4.72 Å². The Hall–Kier alpha value is -1.52. The highest BCUT2D eigenvalue weighted by Gasteiger charge is 2.29. The Balaban J connectivity index is 2.46. The molecule has 17 heavy (non-hydrogen) atoms. The lowest BCUT2D eigenvalue weighted by atomic mass is 10.0. The minimum absolute atomic E-state index is 0.153. The zero-order chi connectivity index (χ0) is 12.0. The van der Waals surface area contributed by atoms with Gasteiger partial charge in [-0.15, -0.1) is 0 Å². The summed E-state index contributed by atoms with van der Waals surface area (Å²) >= 11 is 5.97. The van der Waals surface area contributed by atoms with Crippen molar-refractivity contribution in [2.24, 2.45) is 0 Å². The van der Waals surface area contributed by atoms with Crippen molar-refractivity contribution in [1.82, 2.24) is 0 Å². The summed E-state index contributed by atoms with van der Waals surface area (Å²) < 4.78 is 26.6. The zero-order valence-corrected chi connectivity index (χ0v) is 10.2. The third kappa shape index (κ3) is 1.52. The van der Waals surface area contributed by atoms with Crippen LogP contribution in [0.5, 0.6) is 0 Å². The molecule has 0 bridgehead atoms.